The van der Waals surface area contributed by atoms with Crippen molar-refractivity contribution in [1.82, 2.24) is 30.4 Å². The van der Waals surface area contributed by atoms with Gasteiger partial charge in [0.15, 0.2) is 5.65 Å². The Morgan fingerprint density at radius 3 is 2.58 bits per heavy atom. The van der Waals surface area contributed by atoms with E-state index in [9.17, 15) is 4.79 Å². The number of amides is 1. The van der Waals surface area contributed by atoms with Crippen LogP contribution in [-0.4, -0.2) is 36.3 Å². The summed E-state index contributed by atoms with van der Waals surface area (Å²) in [5.74, 6) is 0.648. The monoisotopic (exact) mass is 474 g/mol. The molecule has 0 aliphatic carbocycles. The Bertz CT molecular complexity index is 1720. The highest BCUT2D eigenvalue weighted by atomic mass is 16.1. The molecule has 3 aromatic carbocycles. The SMILES string of the molecule is NC(=O)c1cccc(-c2cccc3[nH]c(CC(c4ccccc4)c4cc(N)nc5[nH]nnc45)nc23)c1. The number of anilines is 1. The maximum absolute atomic E-state index is 11.7. The molecular weight excluding hydrogens is 452 g/mol. The number of imidazole rings is 1. The van der Waals surface area contributed by atoms with Crippen molar-refractivity contribution in [2.45, 2.75) is 12.3 Å². The standard InChI is InChI=1S/C27H22N8O/c28-22-13-20(25-27(31-22)34-35-33-25)19(15-6-2-1-3-7-15)14-23-30-21-11-5-10-18(24(21)32-23)16-8-4-9-17(12-16)26(29)36/h1-13,19H,14H2,(H2,29,36)(H,30,32)(H3,28,31,33,34,35). The van der Waals surface area contributed by atoms with Crippen LogP contribution in [-0.2, 0) is 6.42 Å². The summed E-state index contributed by atoms with van der Waals surface area (Å²) in [5, 5.41) is 11.0. The summed E-state index contributed by atoms with van der Waals surface area (Å²) >= 11 is 0. The third-order valence-electron chi connectivity index (χ3n) is 6.34. The lowest BCUT2D eigenvalue weighted by molar-refractivity contribution is 0.100. The smallest absolute Gasteiger partial charge is 0.248 e. The first-order valence-electron chi connectivity index (χ1n) is 11.5. The number of hydrogen-bond acceptors (Lipinski definition) is 6. The van der Waals surface area contributed by atoms with Crippen molar-refractivity contribution in [2.24, 2.45) is 5.73 Å². The van der Waals surface area contributed by atoms with Gasteiger partial charge in [-0.15, -0.1) is 5.10 Å². The lowest BCUT2D eigenvalue weighted by Gasteiger charge is -2.17. The fraction of sp³-hybridized carbons (Fsp3) is 0.0741. The van der Waals surface area contributed by atoms with Crippen LogP contribution in [0.3, 0.4) is 0 Å². The molecule has 3 heterocycles. The van der Waals surface area contributed by atoms with Gasteiger partial charge in [-0.05, 0) is 41.0 Å². The van der Waals surface area contributed by atoms with Crippen molar-refractivity contribution in [3.8, 4) is 11.1 Å². The van der Waals surface area contributed by atoms with E-state index in [-0.39, 0.29) is 5.92 Å². The molecule has 6 rings (SSSR count). The maximum atomic E-state index is 11.7. The van der Waals surface area contributed by atoms with Gasteiger partial charge in [0.2, 0.25) is 5.91 Å². The number of para-hydroxylation sites is 1. The van der Waals surface area contributed by atoms with Gasteiger partial charge in [-0.3, -0.25) is 4.79 Å². The highest BCUT2D eigenvalue weighted by Crippen LogP contribution is 2.34. The first-order valence-corrected chi connectivity index (χ1v) is 11.5. The van der Waals surface area contributed by atoms with Crippen molar-refractivity contribution in [1.29, 1.82) is 0 Å². The van der Waals surface area contributed by atoms with Gasteiger partial charge in [0, 0.05) is 23.5 Å². The topological polar surface area (TPSA) is 152 Å². The van der Waals surface area contributed by atoms with Gasteiger partial charge in [0.05, 0.1) is 11.0 Å². The Balaban J connectivity index is 1.46. The third-order valence-corrected chi connectivity index (χ3v) is 6.34. The zero-order chi connectivity index (χ0) is 24.6. The van der Waals surface area contributed by atoms with Crippen LogP contribution < -0.4 is 11.5 Å². The van der Waals surface area contributed by atoms with Crippen molar-refractivity contribution in [2.75, 3.05) is 5.73 Å². The molecule has 0 fully saturated rings. The Labute approximate surface area is 205 Å². The number of aromatic nitrogens is 6. The molecule has 36 heavy (non-hydrogen) atoms. The second-order valence-electron chi connectivity index (χ2n) is 8.64. The van der Waals surface area contributed by atoms with Gasteiger partial charge >= 0.3 is 0 Å². The molecule has 0 aliphatic rings. The van der Waals surface area contributed by atoms with Gasteiger partial charge in [0.1, 0.15) is 17.2 Å². The predicted octanol–water partition coefficient (Wildman–Crippen LogP) is 3.95. The molecule has 3 aromatic heterocycles. The molecule has 6 N–H and O–H groups in total. The van der Waals surface area contributed by atoms with E-state index in [4.69, 9.17) is 16.5 Å². The Morgan fingerprint density at radius 2 is 1.75 bits per heavy atom. The van der Waals surface area contributed by atoms with Gasteiger partial charge < -0.3 is 16.5 Å². The Kier molecular flexibility index (Phi) is 5.15. The molecule has 1 atom stereocenters. The number of carbonyl (C=O) groups excluding carboxylic acids is 1. The number of carbonyl (C=O) groups is 1. The van der Waals surface area contributed by atoms with Gasteiger partial charge in [-0.25, -0.2) is 15.1 Å². The van der Waals surface area contributed by atoms with Crippen LogP contribution >= 0.6 is 0 Å². The number of primary amides is 1. The zero-order valence-corrected chi connectivity index (χ0v) is 19.1. The second kappa shape index (κ2) is 8.62. The molecule has 0 spiro atoms. The van der Waals surface area contributed by atoms with Gasteiger partial charge in [-0.2, -0.15) is 0 Å². The van der Waals surface area contributed by atoms with E-state index in [2.05, 4.69) is 37.5 Å². The minimum Gasteiger partial charge on any atom is -0.384 e. The molecule has 1 unspecified atom stereocenters. The van der Waals surface area contributed by atoms with Crippen LogP contribution in [0, 0.1) is 0 Å². The summed E-state index contributed by atoms with van der Waals surface area (Å²) in [6.07, 6.45) is 0.574. The van der Waals surface area contributed by atoms with Crippen LogP contribution in [0.5, 0.6) is 0 Å². The molecule has 9 heteroatoms. The van der Waals surface area contributed by atoms with Crippen LogP contribution in [0.15, 0.2) is 78.9 Å². The molecule has 6 aromatic rings. The average molecular weight is 475 g/mol. The Morgan fingerprint density at radius 1 is 0.917 bits per heavy atom. The summed E-state index contributed by atoms with van der Waals surface area (Å²) in [5.41, 5.74) is 18.9. The average Bonchev–Trinajstić information content (AvgIpc) is 3.54. The molecule has 0 saturated carbocycles. The van der Waals surface area contributed by atoms with Crippen LogP contribution in [0.25, 0.3) is 33.3 Å². The maximum Gasteiger partial charge on any atom is 0.248 e. The third kappa shape index (κ3) is 3.82. The Hall–Kier alpha value is -5.05. The molecule has 0 saturated heterocycles. The first-order chi connectivity index (χ1) is 17.6. The zero-order valence-electron chi connectivity index (χ0n) is 19.1. The summed E-state index contributed by atoms with van der Waals surface area (Å²) in [4.78, 5) is 24.5. The molecular formula is C27H22N8O. The molecule has 1 amide bonds. The normalized spacial score (nSPS) is 12.2. The van der Waals surface area contributed by atoms with E-state index in [1.165, 1.54) is 0 Å². The number of fused-ring (bicyclic) bond motifs is 2. The summed E-state index contributed by atoms with van der Waals surface area (Å²) in [6.45, 7) is 0. The van der Waals surface area contributed by atoms with Crippen molar-refractivity contribution >= 4 is 33.9 Å². The van der Waals surface area contributed by atoms with Gasteiger partial charge in [-0.1, -0.05) is 59.8 Å². The molecule has 0 radical (unpaired) electrons. The van der Waals surface area contributed by atoms with Crippen LogP contribution in [0.4, 0.5) is 5.82 Å². The summed E-state index contributed by atoms with van der Waals surface area (Å²) in [6, 6.07) is 25.2. The number of rotatable bonds is 6. The largest absolute Gasteiger partial charge is 0.384 e. The number of nitrogens with one attached hydrogen (secondary N) is 2. The predicted molar refractivity (Wildman–Crippen MR) is 138 cm³/mol. The van der Waals surface area contributed by atoms with E-state index < -0.39 is 5.91 Å². The number of benzene rings is 3. The second-order valence-corrected chi connectivity index (χ2v) is 8.64. The van der Waals surface area contributed by atoms with E-state index in [0.717, 1.165) is 39.1 Å². The van der Waals surface area contributed by atoms with Crippen molar-refractivity contribution in [3.63, 3.8) is 0 Å². The minimum atomic E-state index is -0.465. The molecule has 0 bridgehead atoms. The first kappa shape index (κ1) is 21.5. The fourth-order valence-corrected chi connectivity index (χ4v) is 4.69. The fourth-order valence-electron chi connectivity index (χ4n) is 4.69. The number of nitrogens with two attached hydrogens (primary N) is 2. The quantitative estimate of drug-likeness (QED) is 0.287. The number of nitrogens with zero attached hydrogens (tertiary/aromatic N) is 4. The van der Waals surface area contributed by atoms with E-state index in [1.807, 2.05) is 54.6 Å². The number of pyridine rings is 1. The highest BCUT2D eigenvalue weighted by Gasteiger charge is 2.22. The highest BCUT2D eigenvalue weighted by molar-refractivity contribution is 5.97. The lowest BCUT2D eigenvalue weighted by Crippen LogP contribution is -2.10. The van der Waals surface area contributed by atoms with E-state index in [1.54, 1.807) is 12.1 Å². The van der Waals surface area contributed by atoms with E-state index >= 15 is 0 Å². The number of H-pyrrole nitrogens is 2. The lowest BCUT2D eigenvalue weighted by atomic mass is 9.88. The van der Waals surface area contributed by atoms with Crippen LogP contribution in [0.1, 0.15) is 33.2 Å². The van der Waals surface area contributed by atoms with Crippen molar-refractivity contribution < 1.29 is 4.79 Å². The minimum absolute atomic E-state index is 0.0914. The number of nitrogen functional groups attached to an aromatic ring is 1. The van der Waals surface area contributed by atoms with Crippen molar-refractivity contribution in [3.05, 3.63) is 101 Å². The molecule has 176 valence electrons. The molecule has 9 nitrogen and oxygen atoms in total. The number of hydrogen-bond donors (Lipinski definition) is 4. The summed E-state index contributed by atoms with van der Waals surface area (Å²) in [7, 11) is 0. The molecule has 0 aliphatic heterocycles. The summed E-state index contributed by atoms with van der Waals surface area (Å²) < 4.78 is 0. The number of aromatic amines is 2. The van der Waals surface area contributed by atoms with Crippen LogP contribution in [0.2, 0.25) is 0 Å². The van der Waals surface area contributed by atoms with E-state index in [0.29, 0.717) is 29.0 Å². The van der Waals surface area contributed by atoms with Gasteiger partial charge in [0.25, 0.3) is 0 Å².